The van der Waals surface area contributed by atoms with Crippen molar-refractivity contribution in [3.63, 3.8) is 0 Å². The highest BCUT2D eigenvalue weighted by molar-refractivity contribution is 5.85. The number of carbonyl (C=O) groups is 1. The van der Waals surface area contributed by atoms with E-state index in [0.717, 1.165) is 6.92 Å². The van der Waals surface area contributed by atoms with E-state index >= 15 is 0 Å². The molecule has 3 N–H and O–H groups in total. The lowest BCUT2D eigenvalue weighted by atomic mass is 10.1. The first-order valence-electron chi connectivity index (χ1n) is 2.09. The van der Waals surface area contributed by atoms with Gasteiger partial charge in [-0.05, 0) is 6.92 Å². The van der Waals surface area contributed by atoms with Gasteiger partial charge in [0.25, 0.3) is 0 Å². The molecular formula is C4H9ClFNO2. The van der Waals surface area contributed by atoms with Gasteiger partial charge >= 0.3 is 5.97 Å². The molecule has 0 saturated carbocycles. The molecule has 0 aliphatic heterocycles. The molecule has 1 atom stereocenters. The number of hydrogen-bond donors (Lipinski definition) is 2. The molecule has 56 valence electrons. The number of nitrogens with two attached hydrogens (primary N) is 1. The SMILES string of the molecule is CC(N)(C[18F])C(=O)O.Cl. The predicted octanol–water partition coefficient (Wildman–Crippen LogP) is 0.180. The van der Waals surface area contributed by atoms with Crippen molar-refractivity contribution in [2.45, 2.75) is 12.5 Å². The average molecular weight is 157 g/mol. The summed E-state index contributed by atoms with van der Waals surface area (Å²) in [5, 5.41) is 8.08. The Bertz CT molecular complexity index is 107. The van der Waals surface area contributed by atoms with E-state index in [9.17, 15) is 9.18 Å². The van der Waals surface area contributed by atoms with Crippen LogP contribution in [0.25, 0.3) is 0 Å². The molecule has 1 unspecified atom stereocenters. The summed E-state index contributed by atoms with van der Waals surface area (Å²) in [6.07, 6.45) is 0. The largest absolute Gasteiger partial charge is 0.480 e. The molecule has 0 spiro atoms. The molecule has 0 heterocycles. The minimum atomic E-state index is -1.71. The highest BCUT2D eigenvalue weighted by Crippen LogP contribution is 1.97. The fraction of sp³-hybridized carbons (Fsp3) is 0.750. The highest BCUT2D eigenvalue weighted by atomic mass is 35.5. The number of hydrogen-bond acceptors (Lipinski definition) is 2. The van der Waals surface area contributed by atoms with Gasteiger partial charge in [-0.3, -0.25) is 4.79 Å². The van der Waals surface area contributed by atoms with E-state index < -0.39 is 18.2 Å². The van der Waals surface area contributed by atoms with Crippen LogP contribution in [0.4, 0.5) is 4.39 Å². The molecule has 9 heavy (non-hydrogen) atoms. The quantitative estimate of drug-likeness (QED) is 0.600. The van der Waals surface area contributed by atoms with Crippen LogP contribution in [0.2, 0.25) is 0 Å². The lowest BCUT2D eigenvalue weighted by Crippen LogP contribution is -2.46. The molecule has 0 bridgehead atoms. The Morgan fingerprint density at radius 3 is 2.22 bits per heavy atom. The van der Waals surface area contributed by atoms with Crippen LogP contribution in [0, 0.1) is 0 Å². The zero-order valence-electron chi connectivity index (χ0n) is 4.93. The smallest absolute Gasteiger partial charge is 0.326 e. The number of alkyl halides is 1. The van der Waals surface area contributed by atoms with Gasteiger partial charge in [-0.25, -0.2) is 4.39 Å². The van der Waals surface area contributed by atoms with Crippen LogP contribution < -0.4 is 5.73 Å². The summed E-state index contributed by atoms with van der Waals surface area (Å²) in [5.74, 6) is -1.32. The molecule has 0 fully saturated rings. The van der Waals surface area contributed by atoms with Crippen molar-refractivity contribution in [2.75, 3.05) is 6.67 Å². The summed E-state index contributed by atoms with van der Waals surface area (Å²) in [6.45, 7) is 0.0810. The standard InChI is InChI=1S/C4H8FNO2.ClH/c1-4(6,2-5)3(7)8;/h2,6H2,1H3,(H,7,8);1H/i5-1;. The summed E-state index contributed by atoms with van der Waals surface area (Å²) < 4.78 is 11.5. The van der Waals surface area contributed by atoms with Crippen LogP contribution in [-0.4, -0.2) is 23.3 Å². The molecule has 0 aromatic carbocycles. The second kappa shape index (κ2) is 3.63. The van der Waals surface area contributed by atoms with Crippen LogP contribution in [0.15, 0.2) is 0 Å². The first-order valence-corrected chi connectivity index (χ1v) is 2.09. The maximum absolute atomic E-state index is 11.5. The van der Waals surface area contributed by atoms with E-state index in [0.29, 0.717) is 0 Å². The molecule has 0 aromatic heterocycles. The maximum atomic E-state index is 11.5. The fourth-order valence-electron chi connectivity index (χ4n) is 0.0572. The van der Waals surface area contributed by atoms with E-state index in [1.165, 1.54) is 0 Å². The normalized spacial score (nSPS) is 15.4. The number of carboxylic acids is 1. The number of carboxylic acid groups (broad SMARTS) is 1. The Morgan fingerprint density at radius 2 is 2.22 bits per heavy atom. The predicted molar refractivity (Wildman–Crippen MR) is 33.5 cm³/mol. The van der Waals surface area contributed by atoms with Crippen LogP contribution in [0.3, 0.4) is 0 Å². The van der Waals surface area contributed by atoms with E-state index in [-0.39, 0.29) is 12.4 Å². The lowest BCUT2D eigenvalue weighted by molar-refractivity contribution is -0.143. The third kappa shape index (κ3) is 3.26. The molecule has 3 nitrogen and oxygen atoms in total. The Morgan fingerprint density at radius 1 is 1.89 bits per heavy atom. The van der Waals surface area contributed by atoms with E-state index in [1.54, 1.807) is 0 Å². The van der Waals surface area contributed by atoms with Gasteiger partial charge in [0.15, 0.2) is 0 Å². The zero-order valence-corrected chi connectivity index (χ0v) is 5.74. The van der Waals surface area contributed by atoms with Gasteiger partial charge in [0, 0.05) is 0 Å². The molecule has 0 aliphatic rings. The van der Waals surface area contributed by atoms with Crippen molar-refractivity contribution < 1.29 is 14.3 Å². The van der Waals surface area contributed by atoms with Gasteiger partial charge in [0.1, 0.15) is 12.2 Å². The molecule has 0 aromatic rings. The molecule has 0 rings (SSSR count). The first kappa shape index (κ1) is 11.4. The van der Waals surface area contributed by atoms with Crippen LogP contribution in [0.1, 0.15) is 6.92 Å². The van der Waals surface area contributed by atoms with Crippen molar-refractivity contribution in [1.82, 2.24) is 0 Å². The highest BCUT2D eigenvalue weighted by Gasteiger charge is 2.27. The topological polar surface area (TPSA) is 63.3 Å². The second-order valence-electron chi connectivity index (χ2n) is 1.86. The lowest BCUT2D eigenvalue weighted by Gasteiger charge is -2.12. The molecular weight excluding hydrogens is 148 g/mol. The summed E-state index contributed by atoms with van der Waals surface area (Å²) >= 11 is 0. The van der Waals surface area contributed by atoms with Crippen molar-refractivity contribution in [1.29, 1.82) is 0 Å². The van der Waals surface area contributed by atoms with E-state index in [2.05, 4.69) is 0 Å². The summed E-state index contributed by atoms with van der Waals surface area (Å²) in [6, 6.07) is 0. The first-order chi connectivity index (χ1) is 3.50. The maximum Gasteiger partial charge on any atom is 0.326 e. The van der Waals surface area contributed by atoms with Gasteiger partial charge in [-0.1, -0.05) is 0 Å². The Hall–Kier alpha value is -0.350. The molecule has 0 radical (unpaired) electrons. The van der Waals surface area contributed by atoms with Crippen LogP contribution in [-0.2, 0) is 4.79 Å². The van der Waals surface area contributed by atoms with Gasteiger partial charge in [-0.2, -0.15) is 0 Å². The molecule has 0 saturated heterocycles. The Kier molecular flexibility index (Phi) is 4.62. The van der Waals surface area contributed by atoms with Crippen LogP contribution >= 0.6 is 12.4 Å². The van der Waals surface area contributed by atoms with Crippen molar-refractivity contribution >= 4 is 18.4 Å². The number of aliphatic carboxylic acids is 1. The fourth-order valence-corrected chi connectivity index (χ4v) is 0.0572. The van der Waals surface area contributed by atoms with Gasteiger partial charge in [-0.15, -0.1) is 12.4 Å². The summed E-state index contributed by atoms with van der Waals surface area (Å²) in [4.78, 5) is 9.89. The van der Waals surface area contributed by atoms with Crippen molar-refractivity contribution in [3.05, 3.63) is 0 Å². The number of halogens is 2. The second-order valence-corrected chi connectivity index (χ2v) is 1.86. The van der Waals surface area contributed by atoms with Gasteiger partial charge in [0.05, 0.1) is 0 Å². The minimum absolute atomic E-state index is 0. The van der Waals surface area contributed by atoms with Crippen molar-refractivity contribution in [3.8, 4) is 0 Å². The average Bonchev–Trinajstić information content (AvgIpc) is 1.67. The third-order valence-corrected chi connectivity index (χ3v) is 0.766. The van der Waals surface area contributed by atoms with Gasteiger partial charge < -0.3 is 10.8 Å². The Balaban J connectivity index is 0. The molecule has 5 heteroatoms. The number of rotatable bonds is 2. The minimum Gasteiger partial charge on any atom is -0.480 e. The molecule has 0 amide bonds. The summed E-state index contributed by atoms with van der Waals surface area (Å²) in [7, 11) is 0. The van der Waals surface area contributed by atoms with E-state index in [1.807, 2.05) is 0 Å². The summed E-state index contributed by atoms with van der Waals surface area (Å²) in [5.41, 5.74) is 3.18. The van der Waals surface area contributed by atoms with Gasteiger partial charge in [0.2, 0.25) is 0 Å². The van der Waals surface area contributed by atoms with Crippen molar-refractivity contribution in [2.24, 2.45) is 5.73 Å². The molecule has 0 aliphatic carbocycles. The van der Waals surface area contributed by atoms with E-state index in [4.69, 9.17) is 10.8 Å². The Labute approximate surface area is 58.4 Å². The monoisotopic (exact) mass is 156 g/mol. The third-order valence-electron chi connectivity index (χ3n) is 0.766. The van der Waals surface area contributed by atoms with Crippen LogP contribution in [0.5, 0.6) is 0 Å². The zero-order chi connectivity index (χ0) is 6.78.